The minimum Gasteiger partial charge on any atom is -0.508 e. The molecule has 2 aliphatic rings. The van der Waals surface area contributed by atoms with Gasteiger partial charge in [-0.1, -0.05) is 6.07 Å². The fraction of sp³-hybridized carbons (Fsp3) is 0.538. The molecule has 1 saturated heterocycles. The van der Waals surface area contributed by atoms with Crippen LogP contribution in [0.15, 0.2) is 18.2 Å². The summed E-state index contributed by atoms with van der Waals surface area (Å²) >= 11 is 2.39. The molecule has 0 saturated carbocycles. The molecule has 1 fully saturated rings. The lowest BCUT2D eigenvalue weighted by atomic mass is 9.73. The molecule has 0 unspecified atom stereocenters. The summed E-state index contributed by atoms with van der Waals surface area (Å²) in [6.45, 7) is 2.24. The largest absolute Gasteiger partial charge is 0.508 e. The van der Waals surface area contributed by atoms with Crippen molar-refractivity contribution >= 4 is 22.9 Å². The molecule has 92 valence electrons. The molecule has 0 radical (unpaired) electrons. The van der Waals surface area contributed by atoms with Gasteiger partial charge in [0.1, 0.15) is 5.75 Å². The third-order valence-electron chi connectivity index (χ3n) is 4.37. The van der Waals surface area contributed by atoms with Gasteiger partial charge in [-0.2, -0.15) is 0 Å². The molecule has 3 nitrogen and oxygen atoms in total. The van der Waals surface area contributed by atoms with Crippen LogP contribution in [-0.2, 0) is 6.42 Å². The fourth-order valence-corrected chi connectivity index (χ4v) is 3.75. The zero-order valence-electron chi connectivity index (χ0n) is 9.69. The molecule has 0 amide bonds. The number of hydrogen-bond donors (Lipinski definition) is 2. The van der Waals surface area contributed by atoms with Gasteiger partial charge < -0.3 is 10.8 Å². The lowest BCUT2D eigenvalue weighted by Crippen LogP contribution is -2.41. The number of aromatic hydroxyl groups is 1. The molecule has 17 heavy (non-hydrogen) atoms. The summed E-state index contributed by atoms with van der Waals surface area (Å²) in [5.41, 5.74) is 9.16. The van der Waals surface area contributed by atoms with Crippen LogP contribution in [0.25, 0.3) is 0 Å². The number of benzene rings is 1. The van der Waals surface area contributed by atoms with E-state index in [1.807, 2.05) is 12.1 Å². The number of fused-ring (bicyclic) bond motifs is 1. The van der Waals surface area contributed by atoms with Crippen molar-refractivity contribution in [2.24, 2.45) is 11.1 Å². The van der Waals surface area contributed by atoms with Crippen LogP contribution >= 0.6 is 22.9 Å². The van der Waals surface area contributed by atoms with Gasteiger partial charge in [0.25, 0.3) is 0 Å². The fourth-order valence-electron chi connectivity index (χ4n) is 3.26. The summed E-state index contributed by atoms with van der Waals surface area (Å²) in [7, 11) is 0. The van der Waals surface area contributed by atoms with E-state index < -0.39 is 0 Å². The molecular weight excluding hydrogens is 327 g/mol. The van der Waals surface area contributed by atoms with Gasteiger partial charge in [0.2, 0.25) is 0 Å². The molecule has 0 bridgehead atoms. The number of halogens is 1. The Morgan fingerprint density at radius 2 is 2.06 bits per heavy atom. The quantitative estimate of drug-likeness (QED) is 0.561. The molecule has 1 aliphatic carbocycles. The summed E-state index contributed by atoms with van der Waals surface area (Å²) in [6, 6.07) is 5.76. The summed E-state index contributed by atoms with van der Waals surface area (Å²) in [5.74, 6) is 0.336. The average Bonchev–Trinajstić information content (AvgIpc) is 2.58. The van der Waals surface area contributed by atoms with Crippen molar-refractivity contribution in [3.05, 3.63) is 29.3 Å². The van der Waals surface area contributed by atoms with Crippen LogP contribution in [0.4, 0.5) is 0 Å². The van der Waals surface area contributed by atoms with Crippen molar-refractivity contribution in [1.82, 2.24) is 3.11 Å². The van der Waals surface area contributed by atoms with E-state index in [9.17, 15) is 5.11 Å². The molecule has 3 N–H and O–H groups in total. The zero-order valence-corrected chi connectivity index (χ0v) is 11.9. The highest BCUT2D eigenvalue weighted by Gasteiger charge is 2.45. The van der Waals surface area contributed by atoms with Crippen molar-refractivity contribution in [3.63, 3.8) is 0 Å². The maximum Gasteiger partial charge on any atom is 0.115 e. The Bertz CT molecular complexity index is 441. The van der Waals surface area contributed by atoms with Crippen LogP contribution < -0.4 is 5.73 Å². The normalized spacial score (nSPS) is 27.3. The van der Waals surface area contributed by atoms with Crippen molar-refractivity contribution in [2.75, 3.05) is 13.1 Å². The lowest BCUT2D eigenvalue weighted by molar-refractivity contribution is 0.146. The van der Waals surface area contributed by atoms with Gasteiger partial charge in [0, 0.05) is 42.0 Å². The Labute approximate surface area is 115 Å². The van der Waals surface area contributed by atoms with E-state index in [-0.39, 0.29) is 11.5 Å². The predicted molar refractivity (Wildman–Crippen MR) is 76.0 cm³/mol. The highest BCUT2D eigenvalue weighted by molar-refractivity contribution is 14.1. The first-order valence-electron chi connectivity index (χ1n) is 6.09. The number of hydrogen-bond acceptors (Lipinski definition) is 3. The standard InChI is InChI=1S/C13H17IN2O/c14-16-5-3-13(4-6-16)8-9-1-2-10(17)7-11(9)12(13)15/h1-2,7,12,17H,3-6,8,15H2/t12-/m1/s1. The van der Waals surface area contributed by atoms with Crippen LogP contribution in [0.3, 0.4) is 0 Å². The number of piperidine rings is 1. The molecule has 1 heterocycles. The second-order valence-electron chi connectivity index (χ2n) is 5.31. The molecule has 1 aliphatic heterocycles. The first kappa shape index (κ1) is 11.7. The van der Waals surface area contributed by atoms with Gasteiger partial charge in [-0.3, -0.25) is 0 Å². The van der Waals surface area contributed by atoms with Gasteiger partial charge in [0.15, 0.2) is 0 Å². The van der Waals surface area contributed by atoms with E-state index in [1.54, 1.807) is 6.07 Å². The maximum absolute atomic E-state index is 9.58. The van der Waals surface area contributed by atoms with Crippen LogP contribution in [0, 0.1) is 5.41 Å². The van der Waals surface area contributed by atoms with E-state index in [4.69, 9.17) is 5.73 Å². The smallest absolute Gasteiger partial charge is 0.115 e. The highest BCUT2D eigenvalue weighted by Crippen LogP contribution is 2.51. The summed E-state index contributed by atoms with van der Waals surface area (Å²) in [5, 5.41) is 9.58. The van der Waals surface area contributed by atoms with Crippen molar-refractivity contribution in [3.8, 4) is 5.75 Å². The minimum atomic E-state index is 0.0923. The molecule has 3 rings (SSSR count). The predicted octanol–water partition coefficient (Wildman–Crippen LogP) is 2.38. The molecule has 1 aromatic rings. The summed E-state index contributed by atoms with van der Waals surface area (Å²) in [6.07, 6.45) is 3.40. The van der Waals surface area contributed by atoms with Crippen molar-refractivity contribution in [2.45, 2.75) is 25.3 Å². The van der Waals surface area contributed by atoms with Crippen molar-refractivity contribution in [1.29, 1.82) is 0 Å². The molecular formula is C13H17IN2O. The number of phenols is 1. The monoisotopic (exact) mass is 344 g/mol. The zero-order chi connectivity index (χ0) is 12.0. The molecule has 1 aromatic carbocycles. The first-order chi connectivity index (χ1) is 8.11. The maximum atomic E-state index is 9.58. The second-order valence-corrected chi connectivity index (χ2v) is 6.67. The van der Waals surface area contributed by atoms with Gasteiger partial charge in [-0.05, 0) is 47.9 Å². The SMILES string of the molecule is N[C@@H]1c2cc(O)ccc2CC12CCN(I)CC2. The summed E-state index contributed by atoms with van der Waals surface area (Å²) < 4.78 is 2.34. The highest BCUT2D eigenvalue weighted by atomic mass is 127. The molecule has 0 aromatic heterocycles. The second kappa shape index (κ2) is 4.10. The minimum absolute atomic E-state index is 0.0923. The van der Waals surface area contributed by atoms with Crippen molar-refractivity contribution < 1.29 is 5.11 Å². The van der Waals surface area contributed by atoms with Gasteiger partial charge in [0.05, 0.1) is 0 Å². The topological polar surface area (TPSA) is 49.5 Å². The third-order valence-corrected chi connectivity index (χ3v) is 5.34. The average molecular weight is 344 g/mol. The Morgan fingerprint density at radius 1 is 1.35 bits per heavy atom. The van der Waals surface area contributed by atoms with Crippen LogP contribution in [-0.4, -0.2) is 21.3 Å². The van der Waals surface area contributed by atoms with Crippen LogP contribution in [0.2, 0.25) is 0 Å². The lowest BCUT2D eigenvalue weighted by Gasteiger charge is -2.40. The number of nitrogens with two attached hydrogens (primary N) is 1. The van der Waals surface area contributed by atoms with Crippen LogP contribution in [0.1, 0.15) is 30.0 Å². The third kappa shape index (κ3) is 1.86. The Balaban J connectivity index is 1.93. The van der Waals surface area contributed by atoms with Gasteiger partial charge in [-0.15, -0.1) is 0 Å². The Morgan fingerprint density at radius 3 is 2.76 bits per heavy atom. The molecule has 1 spiro atoms. The molecule has 4 heteroatoms. The summed E-state index contributed by atoms with van der Waals surface area (Å²) in [4.78, 5) is 0. The van der Waals surface area contributed by atoms with E-state index in [0.717, 1.165) is 37.9 Å². The van der Waals surface area contributed by atoms with Gasteiger partial charge in [-0.25, -0.2) is 3.11 Å². The van der Waals surface area contributed by atoms with Crippen LogP contribution in [0.5, 0.6) is 5.75 Å². The number of rotatable bonds is 0. The van der Waals surface area contributed by atoms with E-state index in [1.165, 1.54) is 5.56 Å². The van der Waals surface area contributed by atoms with Gasteiger partial charge >= 0.3 is 0 Å². The van der Waals surface area contributed by atoms with E-state index in [2.05, 4.69) is 26.0 Å². The Kier molecular flexibility index (Phi) is 2.83. The number of nitrogens with zero attached hydrogens (tertiary/aromatic N) is 1. The van der Waals surface area contributed by atoms with E-state index >= 15 is 0 Å². The molecule has 1 atom stereocenters. The Hall–Kier alpha value is -0.330. The first-order valence-corrected chi connectivity index (χ1v) is 7.05. The van der Waals surface area contributed by atoms with E-state index in [0.29, 0.717) is 5.75 Å². The number of phenolic OH excluding ortho intramolecular Hbond substituents is 1.